The monoisotopic (exact) mass is 245 g/mol. The van der Waals surface area contributed by atoms with Crippen molar-refractivity contribution in [3.63, 3.8) is 0 Å². The van der Waals surface area contributed by atoms with Gasteiger partial charge in [-0.2, -0.15) is 5.10 Å². The Balaban J connectivity index is 1.85. The Morgan fingerprint density at radius 3 is 3.00 bits per heavy atom. The Kier molecular flexibility index (Phi) is 2.64. The van der Waals surface area contributed by atoms with E-state index < -0.39 is 6.10 Å². The number of H-pyrrole nitrogens is 1. The van der Waals surface area contributed by atoms with E-state index in [0.717, 1.165) is 22.0 Å². The van der Waals surface area contributed by atoms with Crippen LogP contribution in [0.25, 0.3) is 10.9 Å². The Labute approximate surface area is 106 Å². The lowest BCUT2D eigenvalue weighted by atomic mass is 10.0. The van der Waals surface area contributed by atoms with Gasteiger partial charge in [-0.15, -0.1) is 0 Å². The molecule has 0 saturated heterocycles. The number of aryl methyl sites for hydroxylation is 1. The van der Waals surface area contributed by atoms with Crippen molar-refractivity contribution in [1.82, 2.24) is 15.5 Å². The lowest BCUT2D eigenvalue weighted by Gasteiger charge is -2.17. The fourth-order valence-corrected chi connectivity index (χ4v) is 2.32. The van der Waals surface area contributed by atoms with Gasteiger partial charge in [-0.3, -0.25) is 5.10 Å². The van der Waals surface area contributed by atoms with Crippen LogP contribution in [-0.2, 0) is 0 Å². The van der Waals surface area contributed by atoms with E-state index in [2.05, 4.69) is 22.4 Å². The van der Waals surface area contributed by atoms with Gasteiger partial charge in [0.05, 0.1) is 17.8 Å². The fraction of sp³-hybridized carbons (Fsp3) is 0.500. The molecule has 1 aromatic heterocycles. The van der Waals surface area contributed by atoms with Crippen molar-refractivity contribution >= 4 is 10.9 Å². The SMILES string of the molecule is Cc1cc([C@@H](O)CNC2(C)CC2)c2cn[nH]c2c1. The topological polar surface area (TPSA) is 60.9 Å². The summed E-state index contributed by atoms with van der Waals surface area (Å²) in [6, 6.07) is 4.09. The summed E-state index contributed by atoms with van der Waals surface area (Å²) < 4.78 is 0. The molecule has 0 radical (unpaired) electrons. The molecule has 0 aliphatic heterocycles. The Morgan fingerprint density at radius 2 is 2.28 bits per heavy atom. The van der Waals surface area contributed by atoms with E-state index in [-0.39, 0.29) is 5.54 Å². The largest absolute Gasteiger partial charge is 0.387 e. The molecule has 1 aliphatic carbocycles. The van der Waals surface area contributed by atoms with Crippen molar-refractivity contribution in [2.75, 3.05) is 6.54 Å². The molecule has 1 aromatic carbocycles. The lowest BCUT2D eigenvalue weighted by Crippen LogP contribution is -2.32. The van der Waals surface area contributed by atoms with Gasteiger partial charge >= 0.3 is 0 Å². The van der Waals surface area contributed by atoms with Gasteiger partial charge in [0.2, 0.25) is 0 Å². The molecule has 0 spiro atoms. The fourth-order valence-electron chi connectivity index (χ4n) is 2.32. The second kappa shape index (κ2) is 4.07. The third kappa shape index (κ3) is 2.13. The van der Waals surface area contributed by atoms with Gasteiger partial charge in [0.1, 0.15) is 0 Å². The van der Waals surface area contributed by atoms with Gasteiger partial charge in [0, 0.05) is 17.5 Å². The third-order valence-corrected chi connectivity index (χ3v) is 3.82. The number of fused-ring (bicyclic) bond motifs is 1. The smallest absolute Gasteiger partial charge is 0.0921 e. The molecule has 1 fully saturated rings. The average Bonchev–Trinajstić information content (AvgIpc) is 2.89. The molecule has 0 unspecified atom stereocenters. The molecule has 1 saturated carbocycles. The zero-order valence-electron chi connectivity index (χ0n) is 10.8. The number of nitrogens with zero attached hydrogens (tertiary/aromatic N) is 1. The maximum atomic E-state index is 10.3. The van der Waals surface area contributed by atoms with Crippen LogP contribution in [0, 0.1) is 6.92 Å². The first-order valence-corrected chi connectivity index (χ1v) is 6.44. The molecule has 0 bridgehead atoms. The van der Waals surface area contributed by atoms with Gasteiger partial charge in [0.15, 0.2) is 0 Å². The Morgan fingerprint density at radius 1 is 1.50 bits per heavy atom. The van der Waals surface area contributed by atoms with Crippen LogP contribution in [0.1, 0.15) is 37.0 Å². The van der Waals surface area contributed by atoms with E-state index in [4.69, 9.17) is 0 Å². The van der Waals surface area contributed by atoms with Crippen molar-refractivity contribution in [1.29, 1.82) is 0 Å². The summed E-state index contributed by atoms with van der Waals surface area (Å²) in [6.45, 7) is 4.83. The zero-order valence-corrected chi connectivity index (χ0v) is 10.8. The highest BCUT2D eigenvalue weighted by Gasteiger charge is 2.36. The summed E-state index contributed by atoms with van der Waals surface area (Å²) in [4.78, 5) is 0. The van der Waals surface area contributed by atoms with Crippen molar-refractivity contribution < 1.29 is 5.11 Å². The summed E-state index contributed by atoms with van der Waals surface area (Å²) in [5.74, 6) is 0. The Hall–Kier alpha value is -1.39. The number of aliphatic hydroxyl groups excluding tert-OH is 1. The first kappa shape index (κ1) is 11.7. The van der Waals surface area contributed by atoms with Crippen LogP contribution in [0.3, 0.4) is 0 Å². The minimum Gasteiger partial charge on any atom is -0.387 e. The number of aromatic nitrogens is 2. The minimum absolute atomic E-state index is 0.250. The second-order valence-corrected chi connectivity index (χ2v) is 5.64. The quantitative estimate of drug-likeness (QED) is 0.772. The summed E-state index contributed by atoms with van der Waals surface area (Å²) in [5.41, 5.74) is 3.33. The molecule has 4 heteroatoms. The second-order valence-electron chi connectivity index (χ2n) is 5.64. The number of hydrogen-bond donors (Lipinski definition) is 3. The first-order chi connectivity index (χ1) is 8.57. The number of rotatable bonds is 4. The van der Waals surface area contributed by atoms with E-state index in [0.29, 0.717) is 6.54 Å². The molecule has 3 rings (SSSR count). The number of nitrogens with one attached hydrogen (secondary N) is 2. The van der Waals surface area contributed by atoms with Crippen LogP contribution < -0.4 is 5.32 Å². The summed E-state index contributed by atoms with van der Waals surface area (Å²) >= 11 is 0. The number of aliphatic hydroxyl groups is 1. The highest BCUT2D eigenvalue weighted by Crippen LogP contribution is 2.35. The van der Waals surface area contributed by atoms with Crippen molar-refractivity contribution in [3.8, 4) is 0 Å². The van der Waals surface area contributed by atoms with Crippen LogP contribution in [0.15, 0.2) is 18.3 Å². The number of β-amino-alcohol motifs (C(OH)–C–C–N with tert-alkyl or cyclic N) is 1. The van der Waals surface area contributed by atoms with Crippen molar-refractivity contribution in [2.45, 2.75) is 38.3 Å². The standard InChI is InChI=1S/C14H19N3O/c1-9-5-10(11-7-16-17-12(11)6-9)13(18)8-15-14(2)3-4-14/h5-7,13,15,18H,3-4,8H2,1-2H3,(H,16,17)/t13-/m0/s1. The number of benzene rings is 1. The molecule has 96 valence electrons. The van der Waals surface area contributed by atoms with Crippen molar-refractivity contribution in [3.05, 3.63) is 29.5 Å². The molecule has 18 heavy (non-hydrogen) atoms. The highest BCUT2D eigenvalue weighted by molar-refractivity contribution is 5.82. The summed E-state index contributed by atoms with van der Waals surface area (Å²) in [7, 11) is 0. The van der Waals surface area contributed by atoms with Gasteiger partial charge in [-0.05, 0) is 43.9 Å². The zero-order chi connectivity index (χ0) is 12.8. The normalized spacial score (nSPS) is 19.1. The van der Waals surface area contributed by atoms with Gasteiger partial charge in [-0.1, -0.05) is 6.07 Å². The molecular weight excluding hydrogens is 226 g/mol. The summed E-state index contributed by atoms with van der Waals surface area (Å²) in [5, 5.41) is 21.8. The lowest BCUT2D eigenvalue weighted by molar-refractivity contribution is 0.170. The molecule has 2 aromatic rings. The molecule has 3 N–H and O–H groups in total. The minimum atomic E-state index is -0.484. The molecule has 0 amide bonds. The molecule has 1 aliphatic rings. The van der Waals surface area contributed by atoms with Gasteiger partial charge in [-0.25, -0.2) is 0 Å². The van der Waals surface area contributed by atoms with Crippen molar-refractivity contribution in [2.24, 2.45) is 0 Å². The van der Waals surface area contributed by atoms with Crippen LogP contribution in [0.5, 0.6) is 0 Å². The van der Waals surface area contributed by atoms with Gasteiger partial charge < -0.3 is 10.4 Å². The predicted octanol–water partition coefficient (Wildman–Crippen LogP) is 2.05. The maximum Gasteiger partial charge on any atom is 0.0921 e. The number of hydrogen-bond acceptors (Lipinski definition) is 3. The van der Waals surface area contributed by atoms with E-state index in [1.54, 1.807) is 6.20 Å². The van der Waals surface area contributed by atoms with E-state index in [1.165, 1.54) is 12.8 Å². The predicted molar refractivity (Wildman–Crippen MR) is 71.4 cm³/mol. The van der Waals surface area contributed by atoms with Crippen LogP contribution in [-0.4, -0.2) is 27.4 Å². The van der Waals surface area contributed by atoms with E-state index in [9.17, 15) is 5.11 Å². The van der Waals surface area contributed by atoms with Crippen LogP contribution in [0.4, 0.5) is 0 Å². The van der Waals surface area contributed by atoms with E-state index >= 15 is 0 Å². The average molecular weight is 245 g/mol. The van der Waals surface area contributed by atoms with Gasteiger partial charge in [0.25, 0.3) is 0 Å². The molecular formula is C14H19N3O. The third-order valence-electron chi connectivity index (χ3n) is 3.82. The van der Waals surface area contributed by atoms with Crippen LogP contribution in [0.2, 0.25) is 0 Å². The molecule has 1 heterocycles. The first-order valence-electron chi connectivity index (χ1n) is 6.44. The highest BCUT2D eigenvalue weighted by atomic mass is 16.3. The maximum absolute atomic E-state index is 10.3. The van der Waals surface area contributed by atoms with Crippen LogP contribution >= 0.6 is 0 Å². The number of aromatic amines is 1. The van der Waals surface area contributed by atoms with E-state index in [1.807, 2.05) is 19.1 Å². The Bertz CT molecular complexity index is 571. The molecule has 1 atom stereocenters. The summed E-state index contributed by atoms with van der Waals surface area (Å²) in [6.07, 6.45) is 3.71. The molecule has 4 nitrogen and oxygen atoms in total.